The topological polar surface area (TPSA) is 97.1 Å². The largest absolute Gasteiger partial charge is 0.479 e. The van der Waals surface area contributed by atoms with E-state index in [1.807, 2.05) is 0 Å². The predicted octanol–water partition coefficient (Wildman–Crippen LogP) is 0.957. The van der Waals surface area contributed by atoms with Gasteiger partial charge in [-0.05, 0) is 36.4 Å². The summed E-state index contributed by atoms with van der Waals surface area (Å²) in [5, 5.41) is 19.5. The fourth-order valence-electron chi connectivity index (χ4n) is 2.29. The molecule has 0 saturated carbocycles. The minimum atomic E-state index is -1.16. The first-order chi connectivity index (χ1) is 10.6. The van der Waals surface area contributed by atoms with Crippen LogP contribution in [0.25, 0.3) is 5.69 Å². The fourth-order valence-corrected chi connectivity index (χ4v) is 3.62. The lowest BCUT2D eigenvalue weighted by Gasteiger charge is -2.24. The molecule has 1 aromatic carbocycles. The van der Waals surface area contributed by atoms with Gasteiger partial charge in [-0.3, -0.25) is 9.36 Å². The Kier molecular flexibility index (Phi) is 3.84. The standard InChI is InChI=1S/C14H14N4O3S/c19-12(17-14(13(20)21)5-6-22-7-14)10-1-3-11(4-2-10)18-8-15-16-9-18/h1-4,8-9H,5-7H2,(H,17,19)(H,20,21). The average Bonchev–Trinajstić information content (AvgIpc) is 3.19. The molecule has 2 N–H and O–H groups in total. The minimum Gasteiger partial charge on any atom is -0.479 e. The Labute approximate surface area is 130 Å². The molecule has 1 aliphatic heterocycles. The number of aromatic nitrogens is 3. The third kappa shape index (κ3) is 2.69. The SMILES string of the molecule is O=C(NC1(C(=O)O)CCSC1)c1ccc(-n2cnnc2)cc1. The van der Waals surface area contributed by atoms with Crippen LogP contribution in [0.5, 0.6) is 0 Å². The maximum atomic E-state index is 12.3. The van der Waals surface area contributed by atoms with Crippen LogP contribution >= 0.6 is 11.8 Å². The molecule has 1 aliphatic rings. The molecule has 1 unspecified atom stereocenters. The van der Waals surface area contributed by atoms with E-state index in [1.54, 1.807) is 41.5 Å². The Morgan fingerprint density at radius 1 is 1.23 bits per heavy atom. The predicted molar refractivity (Wildman–Crippen MR) is 81.1 cm³/mol. The molecule has 114 valence electrons. The van der Waals surface area contributed by atoms with Gasteiger partial charge in [0.1, 0.15) is 18.2 Å². The molecule has 8 heteroatoms. The molecule has 3 rings (SSSR count). The summed E-state index contributed by atoms with van der Waals surface area (Å²) in [6.45, 7) is 0. The van der Waals surface area contributed by atoms with Crippen LogP contribution in [0.4, 0.5) is 0 Å². The quantitative estimate of drug-likeness (QED) is 0.871. The Hall–Kier alpha value is -2.35. The van der Waals surface area contributed by atoms with Crippen LogP contribution in [0.2, 0.25) is 0 Å². The van der Waals surface area contributed by atoms with Crippen LogP contribution in [0, 0.1) is 0 Å². The number of amides is 1. The number of carboxylic acids is 1. The Morgan fingerprint density at radius 2 is 1.91 bits per heavy atom. The third-order valence-electron chi connectivity index (χ3n) is 3.63. The maximum absolute atomic E-state index is 12.3. The Balaban J connectivity index is 1.76. The monoisotopic (exact) mass is 318 g/mol. The van der Waals surface area contributed by atoms with Crippen molar-refractivity contribution >= 4 is 23.6 Å². The van der Waals surface area contributed by atoms with Gasteiger partial charge in [0.25, 0.3) is 5.91 Å². The first-order valence-corrected chi connectivity index (χ1v) is 7.85. The third-order valence-corrected chi connectivity index (χ3v) is 4.82. The molecule has 1 amide bonds. The molecule has 2 heterocycles. The summed E-state index contributed by atoms with van der Waals surface area (Å²) in [6.07, 6.45) is 3.56. The van der Waals surface area contributed by atoms with Crippen molar-refractivity contribution in [1.29, 1.82) is 0 Å². The molecule has 0 aliphatic carbocycles. The normalized spacial score (nSPS) is 20.7. The smallest absolute Gasteiger partial charge is 0.330 e. The highest BCUT2D eigenvalue weighted by molar-refractivity contribution is 7.99. The van der Waals surface area contributed by atoms with E-state index in [0.29, 0.717) is 17.7 Å². The molecule has 1 aromatic heterocycles. The highest BCUT2D eigenvalue weighted by Gasteiger charge is 2.43. The highest BCUT2D eigenvalue weighted by Crippen LogP contribution is 2.28. The summed E-state index contributed by atoms with van der Waals surface area (Å²) in [5.74, 6) is -0.224. The first-order valence-electron chi connectivity index (χ1n) is 6.69. The number of carbonyl (C=O) groups excluding carboxylic acids is 1. The molecule has 22 heavy (non-hydrogen) atoms. The minimum absolute atomic E-state index is 0.375. The lowest BCUT2D eigenvalue weighted by Crippen LogP contribution is -2.54. The molecule has 1 atom stereocenters. The summed E-state index contributed by atoms with van der Waals surface area (Å²) in [5.41, 5.74) is 0.0922. The lowest BCUT2D eigenvalue weighted by atomic mass is 9.98. The fraction of sp³-hybridized carbons (Fsp3) is 0.286. The number of aliphatic carboxylic acids is 1. The maximum Gasteiger partial charge on any atom is 0.330 e. The second kappa shape index (κ2) is 5.80. The van der Waals surface area contributed by atoms with E-state index in [1.165, 1.54) is 11.8 Å². The molecular weight excluding hydrogens is 304 g/mol. The highest BCUT2D eigenvalue weighted by atomic mass is 32.2. The van der Waals surface area contributed by atoms with Crippen LogP contribution in [0.3, 0.4) is 0 Å². The Morgan fingerprint density at radius 3 is 2.45 bits per heavy atom. The van der Waals surface area contributed by atoms with Gasteiger partial charge < -0.3 is 10.4 Å². The van der Waals surface area contributed by atoms with Gasteiger partial charge >= 0.3 is 5.97 Å². The van der Waals surface area contributed by atoms with E-state index < -0.39 is 11.5 Å². The number of thioether (sulfide) groups is 1. The number of nitrogens with one attached hydrogen (secondary N) is 1. The molecule has 0 bridgehead atoms. The van der Waals surface area contributed by atoms with Crippen molar-refractivity contribution in [2.45, 2.75) is 12.0 Å². The van der Waals surface area contributed by atoms with Crippen LogP contribution in [-0.2, 0) is 4.79 Å². The first kappa shape index (κ1) is 14.6. The number of hydrogen-bond acceptors (Lipinski definition) is 5. The van der Waals surface area contributed by atoms with Gasteiger partial charge in [-0.25, -0.2) is 4.79 Å². The van der Waals surface area contributed by atoms with Crippen molar-refractivity contribution in [2.75, 3.05) is 11.5 Å². The molecule has 2 aromatic rings. The average molecular weight is 318 g/mol. The zero-order valence-electron chi connectivity index (χ0n) is 11.6. The molecule has 1 saturated heterocycles. The molecule has 1 fully saturated rings. The van der Waals surface area contributed by atoms with Gasteiger partial charge in [-0.1, -0.05) is 0 Å². The van der Waals surface area contributed by atoms with E-state index in [-0.39, 0.29) is 5.91 Å². The molecule has 7 nitrogen and oxygen atoms in total. The van der Waals surface area contributed by atoms with E-state index in [4.69, 9.17) is 0 Å². The summed E-state index contributed by atoms with van der Waals surface area (Å²) in [6, 6.07) is 6.83. The van der Waals surface area contributed by atoms with E-state index in [9.17, 15) is 14.7 Å². The number of benzene rings is 1. The van der Waals surface area contributed by atoms with Crippen LogP contribution in [0.1, 0.15) is 16.8 Å². The van der Waals surface area contributed by atoms with Crippen LogP contribution in [-0.4, -0.2) is 48.8 Å². The zero-order chi connectivity index (χ0) is 15.6. The Bertz CT molecular complexity index is 679. The van der Waals surface area contributed by atoms with Gasteiger partial charge in [-0.2, -0.15) is 11.8 Å². The van der Waals surface area contributed by atoms with Gasteiger partial charge in [0.2, 0.25) is 0 Å². The summed E-state index contributed by atoms with van der Waals surface area (Å²) in [4.78, 5) is 23.7. The second-order valence-corrected chi connectivity index (χ2v) is 6.17. The molecular formula is C14H14N4O3S. The van der Waals surface area contributed by atoms with Crippen molar-refractivity contribution in [3.8, 4) is 5.69 Å². The van der Waals surface area contributed by atoms with E-state index in [2.05, 4.69) is 15.5 Å². The van der Waals surface area contributed by atoms with Gasteiger partial charge in [0, 0.05) is 17.0 Å². The van der Waals surface area contributed by atoms with Crippen LogP contribution in [0.15, 0.2) is 36.9 Å². The van der Waals surface area contributed by atoms with E-state index >= 15 is 0 Å². The van der Waals surface area contributed by atoms with E-state index in [0.717, 1.165) is 11.4 Å². The number of carbonyl (C=O) groups is 2. The number of carboxylic acid groups (broad SMARTS) is 1. The van der Waals surface area contributed by atoms with Crippen molar-refractivity contribution in [3.63, 3.8) is 0 Å². The van der Waals surface area contributed by atoms with Crippen molar-refractivity contribution < 1.29 is 14.7 Å². The summed E-state index contributed by atoms with van der Waals surface area (Å²) in [7, 11) is 0. The molecule has 0 spiro atoms. The number of rotatable bonds is 4. The number of nitrogens with zero attached hydrogens (tertiary/aromatic N) is 3. The molecule has 0 radical (unpaired) electrons. The summed E-state index contributed by atoms with van der Waals surface area (Å²) >= 11 is 1.53. The van der Waals surface area contributed by atoms with Crippen molar-refractivity contribution in [2.24, 2.45) is 0 Å². The lowest BCUT2D eigenvalue weighted by molar-refractivity contribution is -0.143. The van der Waals surface area contributed by atoms with Gasteiger partial charge in [-0.15, -0.1) is 10.2 Å². The van der Waals surface area contributed by atoms with Gasteiger partial charge in [0.05, 0.1) is 0 Å². The van der Waals surface area contributed by atoms with Gasteiger partial charge in [0.15, 0.2) is 0 Å². The zero-order valence-corrected chi connectivity index (χ0v) is 12.4. The number of hydrogen-bond donors (Lipinski definition) is 2. The van der Waals surface area contributed by atoms with Crippen molar-refractivity contribution in [1.82, 2.24) is 20.1 Å². The van der Waals surface area contributed by atoms with Crippen LogP contribution < -0.4 is 5.32 Å². The van der Waals surface area contributed by atoms with Crippen molar-refractivity contribution in [3.05, 3.63) is 42.5 Å². The second-order valence-electron chi connectivity index (χ2n) is 5.06. The summed E-state index contributed by atoms with van der Waals surface area (Å²) < 4.78 is 1.72.